The van der Waals surface area contributed by atoms with Gasteiger partial charge in [-0.05, 0) is 57.4 Å². The van der Waals surface area contributed by atoms with E-state index < -0.39 is 28.9 Å². The molecule has 0 amide bonds. The van der Waals surface area contributed by atoms with Crippen LogP contribution in [0.25, 0.3) is 32.2 Å². The molecule has 4 aliphatic rings. The second-order valence-corrected chi connectivity index (χ2v) is 15.1. The topological polar surface area (TPSA) is 129 Å². The van der Waals surface area contributed by atoms with Crippen molar-refractivity contribution in [2.75, 3.05) is 36.1 Å². The fraction of sp³-hybridized carbons (Fsp3) is 0.412. The number of alkyl halides is 1. The van der Waals surface area contributed by atoms with Crippen molar-refractivity contribution in [3.8, 4) is 22.9 Å². The van der Waals surface area contributed by atoms with Gasteiger partial charge in [0.05, 0.1) is 32.2 Å². The van der Waals surface area contributed by atoms with Gasteiger partial charge in [0.1, 0.15) is 41.3 Å². The van der Waals surface area contributed by atoms with Crippen molar-refractivity contribution in [2.24, 2.45) is 0 Å². The number of rotatable bonds is 6. The minimum absolute atomic E-state index is 0.0157. The standard InChI is InChI=1S/C34H32ClF3N8O2S/c1-33-9-7-20(33)46(13-16-4-2-10-41-29(16)39)30-22-26(43-32(44-30)47-15-34-8-3-11-45(34)14-17(36)12-34)24(38)21(23(35)27(22)48-33)18-5-6-19(37)28-25(18)42-31(40)49-28/h2,4-6,10,17,20H,3,7-9,11-15H2,1H3,(H2,39,41)(H2,40,42)/t17-,20?,33-,34+/m1/s1. The summed E-state index contributed by atoms with van der Waals surface area (Å²) in [5.41, 5.74) is 12.1. The normalized spacial score (nSPS) is 26.0. The molecule has 3 aliphatic heterocycles. The zero-order valence-corrected chi connectivity index (χ0v) is 28.1. The molecule has 2 aromatic carbocycles. The summed E-state index contributed by atoms with van der Waals surface area (Å²) >= 11 is 8.12. The molecule has 5 aromatic rings. The van der Waals surface area contributed by atoms with Gasteiger partial charge in [0.2, 0.25) is 0 Å². The molecule has 3 fully saturated rings. The molecule has 9 rings (SSSR count). The number of nitrogens with zero attached hydrogens (tertiary/aromatic N) is 6. The minimum Gasteiger partial charge on any atom is -0.483 e. The van der Waals surface area contributed by atoms with Crippen molar-refractivity contribution in [1.29, 1.82) is 0 Å². The Labute approximate surface area is 288 Å². The molecule has 3 aromatic heterocycles. The summed E-state index contributed by atoms with van der Waals surface area (Å²) < 4.78 is 60.1. The summed E-state index contributed by atoms with van der Waals surface area (Å²) in [7, 11) is 0. The number of anilines is 3. The van der Waals surface area contributed by atoms with Crippen LogP contribution in [0.4, 0.5) is 29.9 Å². The van der Waals surface area contributed by atoms with E-state index in [0.717, 1.165) is 42.7 Å². The third kappa shape index (κ3) is 4.63. The van der Waals surface area contributed by atoms with Crippen molar-refractivity contribution < 1.29 is 22.6 Å². The van der Waals surface area contributed by atoms with Gasteiger partial charge in [0, 0.05) is 42.4 Å². The van der Waals surface area contributed by atoms with Gasteiger partial charge in [0.15, 0.2) is 16.7 Å². The van der Waals surface area contributed by atoms with Crippen molar-refractivity contribution in [3.05, 3.63) is 52.7 Å². The first-order valence-electron chi connectivity index (χ1n) is 16.3. The number of hydrogen-bond acceptors (Lipinski definition) is 11. The van der Waals surface area contributed by atoms with Gasteiger partial charge in [-0.1, -0.05) is 29.0 Å². The second-order valence-electron chi connectivity index (χ2n) is 13.7. The lowest BCUT2D eigenvalue weighted by Gasteiger charge is -2.50. The van der Waals surface area contributed by atoms with Gasteiger partial charge < -0.3 is 25.8 Å². The maximum atomic E-state index is 17.3. The van der Waals surface area contributed by atoms with Gasteiger partial charge >= 0.3 is 6.01 Å². The van der Waals surface area contributed by atoms with Crippen LogP contribution < -0.4 is 25.8 Å². The van der Waals surface area contributed by atoms with E-state index in [1.54, 1.807) is 6.20 Å². The lowest BCUT2D eigenvalue weighted by molar-refractivity contribution is -0.0125. The lowest BCUT2D eigenvalue weighted by Crippen LogP contribution is -2.61. The fourth-order valence-electron chi connectivity index (χ4n) is 8.30. The number of nitrogens with two attached hydrogens (primary N) is 2. The average molecular weight is 709 g/mol. The number of fused-ring (bicyclic) bond motifs is 3. The molecule has 49 heavy (non-hydrogen) atoms. The van der Waals surface area contributed by atoms with Crippen LogP contribution in [-0.4, -0.2) is 67.9 Å². The molecular formula is C34H32ClF3N8O2S. The predicted octanol–water partition coefficient (Wildman–Crippen LogP) is 6.67. The maximum Gasteiger partial charge on any atom is 0.319 e. The van der Waals surface area contributed by atoms with E-state index in [-0.39, 0.29) is 66.8 Å². The van der Waals surface area contributed by atoms with Crippen LogP contribution in [0.2, 0.25) is 5.02 Å². The van der Waals surface area contributed by atoms with Crippen molar-refractivity contribution in [1.82, 2.24) is 24.8 Å². The Kier molecular flexibility index (Phi) is 6.89. The molecule has 1 aliphatic carbocycles. The number of hydrogen-bond donors (Lipinski definition) is 2. The van der Waals surface area contributed by atoms with E-state index >= 15 is 4.39 Å². The van der Waals surface area contributed by atoms with Crippen LogP contribution >= 0.6 is 22.9 Å². The molecule has 10 nitrogen and oxygen atoms in total. The first kappa shape index (κ1) is 30.9. The van der Waals surface area contributed by atoms with E-state index in [9.17, 15) is 8.78 Å². The Morgan fingerprint density at radius 1 is 1.14 bits per heavy atom. The molecule has 15 heteroatoms. The highest BCUT2D eigenvalue weighted by molar-refractivity contribution is 7.22. The van der Waals surface area contributed by atoms with Gasteiger partial charge in [-0.25, -0.2) is 23.1 Å². The van der Waals surface area contributed by atoms with Crippen molar-refractivity contribution in [2.45, 2.75) is 68.9 Å². The number of pyridine rings is 1. The van der Waals surface area contributed by atoms with E-state index in [0.29, 0.717) is 37.6 Å². The Balaban J connectivity index is 1.27. The van der Waals surface area contributed by atoms with Gasteiger partial charge in [0.25, 0.3) is 0 Å². The molecule has 254 valence electrons. The van der Waals surface area contributed by atoms with Crippen LogP contribution in [0.1, 0.15) is 44.6 Å². The van der Waals surface area contributed by atoms with E-state index in [1.165, 1.54) is 12.1 Å². The van der Waals surface area contributed by atoms with Crippen LogP contribution in [0, 0.1) is 11.6 Å². The predicted molar refractivity (Wildman–Crippen MR) is 183 cm³/mol. The summed E-state index contributed by atoms with van der Waals surface area (Å²) in [5, 5.41) is 0.391. The third-order valence-electron chi connectivity index (χ3n) is 10.8. The fourth-order valence-corrected chi connectivity index (χ4v) is 9.38. The van der Waals surface area contributed by atoms with Crippen LogP contribution in [-0.2, 0) is 6.54 Å². The quantitative estimate of drug-likeness (QED) is 0.197. The first-order chi connectivity index (χ1) is 23.5. The third-order valence-corrected chi connectivity index (χ3v) is 12.1. The van der Waals surface area contributed by atoms with Crippen LogP contribution in [0.3, 0.4) is 0 Å². The molecule has 0 bridgehead atoms. The summed E-state index contributed by atoms with van der Waals surface area (Å²) in [6.45, 7) is 3.59. The first-order valence-corrected chi connectivity index (χ1v) is 17.5. The molecule has 0 spiro atoms. The SMILES string of the molecule is C[C@@]12CCC1N(Cc1cccnc1N)c1nc(OC[C@@]34CCCN3C[C@H](F)C4)nc3c(F)c(-c4ccc(F)c5sc(N)nc45)c(Cl)c(c13)O2. The largest absolute Gasteiger partial charge is 0.483 e. The molecular weight excluding hydrogens is 677 g/mol. The van der Waals surface area contributed by atoms with Crippen molar-refractivity contribution in [3.63, 3.8) is 0 Å². The Morgan fingerprint density at radius 3 is 2.80 bits per heavy atom. The van der Waals surface area contributed by atoms with E-state index in [4.69, 9.17) is 37.5 Å². The number of halogens is 4. The van der Waals surface area contributed by atoms with Crippen molar-refractivity contribution >= 4 is 60.8 Å². The van der Waals surface area contributed by atoms with Crippen LogP contribution in [0.5, 0.6) is 11.8 Å². The van der Waals surface area contributed by atoms with Gasteiger partial charge in [-0.15, -0.1) is 0 Å². The molecule has 2 saturated heterocycles. The minimum atomic E-state index is -0.947. The molecule has 4 atom stereocenters. The Morgan fingerprint density at radius 2 is 2.00 bits per heavy atom. The lowest BCUT2D eigenvalue weighted by atomic mass is 9.75. The average Bonchev–Trinajstić information content (AvgIpc) is 3.73. The summed E-state index contributed by atoms with van der Waals surface area (Å²) in [6.07, 6.45) is 4.19. The molecule has 1 unspecified atom stereocenters. The van der Waals surface area contributed by atoms with Crippen LogP contribution in [0.15, 0.2) is 30.5 Å². The van der Waals surface area contributed by atoms with Gasteiger partial charge in [-0.3, -0.25) is 4.90 Å². The summed E-state index contributed by atoms with van der Waals surface area (Å²) in [6, 6.07) is 6.11. The second kappa shape index (κ2) is 10.9. The highest BCUT2D eigenvalue weighted by Crippen LogP contribution is 2.55. The Bertz CT molecular complexity index is 2190. The zero-order chi connectivity index (χ0) is 33.8. The molecule has 6 heterocycles. The number of benzene rings is 2. The summed E-state index contributed by atoms with van der Waals surface area (Å²) in [4.78, 5) is 22.4. The number of ether oxygens (including phenoxy) is 2. The molecule has 0 radical (unpaired) electrons. The highest BCUT2D eigenvalue weighted by atomic mass is 35.5. The Hall–Kier alpha value is -4.14. The molecule has 1 saturated carbocycles. The van der Waals surface area contributed by atoms with E-state index in [1.807, 2.05) is 24.0 Å². The maximum absolute atomic E-state index is 17.3. The number of nitrogen functional groups attached to an aromatic ring is 2. The monoisotopic (exact) mass is 708 g/mol. The number of aromatic nitrogens is 4. The number of thiazole rings is 1. The smallest absolute Gasteiger partial charge is 0.319 e. The van der Waals surface area contributed by atoms with E-state index in [2.05, 4.69) is 19.9 Å². The zero-order valence-electron chi connectivity index (χ0n) is 26.5. The molecule has 4 N–H and O–H groups in total. The summed E-state index contributed by atoms with van der Waals surface area (Å²) in [5.74, 6) is -0.359. The highest BCUT2D eigenvalue weighted by Gasteiger charge is 2.53. The van der Waals surface area contributed by atoms with Gasteiger partial charge in [-0.2, -0.15) is 9.97 Å².